The number of nitrogens with zero attached hydrogens (tertiary/aromatic N) is 1. The van der Waals surface area contributed by atoms with Gasteiger partial charge in [-0.25, -0.2) is 0 Å². The van der Waals surface area contributed by atoms with Gasteiger partial charge in [0.15, 0.2) is 0 Å². The number of anilines is 1. The maximum atomic E-state index is 4.51. The molecule has 0 atom stereocenters. The standard InChI is InChI=1S/C21H15Br3N2/c22-16-3-1-15(2-4-16)21(26-20-11-7-18(24)8-12-20)13-14-25-19-9-5-17(23)6-10-19/h1-14,26H. The predicted molar refractivity (Wildman–Crippen MR) is 122 cm³/mol. The zero-order valence-corrected chi connectivity index (χ0v) is 18.4. The van der Waals surface area contributed by atoms with Crippen molar-refractivity contribution in [3.8, 4) is 0 Å². The summed E-state index contributed by atoms with van der Waals surface area (Å²) in [4.78, 5) is 4.51. The van der Waals surface area contributed by atoms with Gasteiger partial charge >= 0.3 is 0 Å². The van der Waals surface area contributed by atoms with Crippen molar-refractivity contribution in [1.29, 1.82) is 0 Å². The molecule has 130 valence electrons. The number of halogens is 3. The van der Waals surface area contributed by atoms with Crippen LogP contribution in [0.3, 0.4) is 0 Å². The molecular formula is C21H15Br3N2. The third-order valence-electron chi connectivity index (χ3n) is 3.57. The van der Waals surface area contributed by atoms with Gasteiger partial charge in [0.1, 0.15) is 0 Å². The summed E-state index contributed by atoms with van der Waals surface area (Å²) in [5, 5.41) is 3.46. The minimum Gasteiger partial charge on any atom is -0.355 e. The van der Waals surface area contributed by atoms with Crippen molar-refractivity contribution >= 4 is 71.1 Å². The highest BCUT2D eigenvalue weighted by molar-refractivity contribution is 9.11. The van der Waals surface area contributed by atoms with Gasteiger partial charge in [0.2, 0.25) is 0 Å². The molecule has 0 bridgehead atoms. The normalized spacial score (nSPS) is 11.7. The van der Waals surface area contributed by atoms with Gasteiger partial charge in [-0.2, -0.15) is 0 Å². The predicted octanol–water partition coefficient (Wildman–Crippen LogP) is 7.83. The van der Waals surface area contributed by atoms with Crippen LogP contribution in [0.2, 0.25) is 0 Å². The van der Waals surface area contributed by atoms with Crippen LogP contribution in [0.15, 0.2) is 97.3 Å². The highest BCUT2D eigenvalue weighted by Gasteiger charge is 2.02. The van der Waals surface area contributed by atoms with E-state index in [1.807, 2.05) is 73.0 Å². The molecule has 3 aromatic carbocycles. The summed E-state index contributed by atoms with van der Waals surface area (Å²) in [5.74, 6) is 0. The second-order valence-corrected chi connectivity index (χ2v) is 8.22. The van der Waals surface area contributed by atoms with E-state index in [1.165, 1.54) is 0 Å². The second-order valence-electron chi connectivity index (χ2n) is 5.47. The van der Waals surface area contributed by atoms with Crippen LogP contribution in [0.5, 0.6) is 0 Å². The molecule has 0 spiro atoms. The quantitative estimate of drug-likeness (QED) is 0.331. The van der Waals surface area contributed by atoms with E-state index in [4.69, 9.17) is 0 Å². The molecule has 0 fully saturated rings. The Bertz CT molecular complexity index is 913. The van der Waals surface area contributed by atoms with Crippen LogP contribution in [0.1, 0.15) is 5.56 Å². The minimum absolute atomic E-state index is 0.906. The van der Waals surface area contributed by atoms with Crippen molar-refractivity contribution in [3.05, 3.63) is 97.9 Å². The van der Waals surface area contributed by atoms with Gasteiger partial charge < -0.3 is 5.32 Å². The molecule has 0 aromatic heterocycles. The van der Waals surface area contributed by atoms with Gasteiger partial charge in [-0.1, -0.05) is 59.9 Å². The summed E-state index contributed by atoms with van der Waals surface area (Å²) in [5.41, 5.74) is 3.97. The first-order chi connectivity index (χ1) is 12.6. The van der Waals surface area contributed by atoms with E-state index in [2.05, 4.69) is 70.2 Å². The largest absolute Gasteiger partial charge is 0.355 e. The van der Waals surface area contributed by atoms with E-state index in [0.717, 1.165) is 36.1 Å². The molecule has 0 amide bonds. The van der Waals surface area contributed by atoms with Crippen LogP contribution < -0.4 is 5.32 Å². The summed E-state index contributed by atoms with van der Waals surface area (Å²) in [7, 11) is 0. The second kappa shape index (κ2) is 9.31. The fraction of sp³-hybridized carbons (Fsp3) is 0. The number of hydrogen-bond acceptors (Lipinski definition) is 2. The number of rotatable bonds is 5. The van der Waals surface area contributed by atoms with Crippen molar-refractivity contribution in [2.45, 2.75) is 0 Å². The fourth-order valence-corrected chi connectivity index (χ4v) is 3.05. The van der Waals surface area contributed by atoms with Crippen LogP contribution in [0.25, 0.3) is 5.70 Å². The van der Waals surface area contributed by atoms with Gasteiger partial charge in [-0.15, -0.1) is 0 Å². The molecule has 1 N–H and O–H groups in total. The van der Waals surface area contributed by atoms with Gasteiger partial charge in [-0.05, 0) is 72.3 Å². The molecule has 0 unspecified atom stereocenters. The van der Waals surface area contributed by atoms with Crippen LogP contribution in [-0.2, 0) is 0 Å². The lowest BCUT2D eigenvalue weighted by atomic mass is 10.1. The molecule has 0 heterocycles. The Morgan fingerprint density at radius 3 is 1.77 bits per heavy atom. The van der Waals surface area contributed by atoms with E-state index in [0.29, 0.717) is 0 Å². The summed E-state index contributed by atoms with van der Waals surface area (Å²) in [6.45, 7) is 0. The van der Waals surface area contributed by atoms with E-state index in [9.17, 15) is 0 Å². The van der Waals surface area contributed by atoms with Crippen molar-refractivity contribution in [2.75, 3.05) is 5.32 Å². The third kappa shape index (κ3) is 5.66. The fourth-order valence-electron chi connectivity index (χ4n) is 2.25. The molecule has 0 aliphatic heterocycles. The highest BCUT2D eigenvalue weighted by Crippen LogP contribution is 2.22. The molecule has 3 rings (SSSR count). The van der Waals surface area contributed by atoms with Crippen LogP contribution in [0, 0.1) is 0 Å². The number of nitrogens with one attached hydrogen (secondary N) is 1. The third-order valence-corrected chi connectivity index (χ3v) is 5.16. The lowest BCUT2D eigenvalue weighted by Crippen LogP contribution is -1.99. The first-order valence-electron chi connectivity index (χ1n) is 7.88. The van der Waals surface area contributed by atoms with Crippen molar-refractivity contribution in [1.82, 2.24) is 0 Å². The van der Waals surface area contributed by atoms with Crippen molar-refractivity contribution in [3.63, 3.8) is 0 Å². The topological polar surface area (TPSA) is 24.4 Å². The van der Waals surface area contributed by atoms with E-state index in [1.54, 1.807) is 0 Å². The zero-order valence-electron chi connectivity index (χ0n) is 13.7. The lowest BCUT2D eigenvalue weighted by Gasteiger charge is -2.11. The molecule has 0 aliphatic rings. The Hall–Kier alpha value is -1.69. The number of aliphatic imine (C=N–C) groups is 1. The molecular weight excluding hydrogens is 520 g/mol. The molecule has 2 nitrogen and oxygen atoms in total. The minimum atomic E-state index is 0.906. The van der Waals surface area contributed by atoms with Crippen LogP contribution in [-0.4, -0.2) is 6.21 Å². The number of allylic oxidation sites excluding steroid dienone is 1. The number of benzene rings is 3. The average Bonchev–Trinajstić information content (AvgIpc) is 2.65. The van der Waals surface area contributed by atoms with Gasteiger partial charge in [0.05, 0.1) is 5.69 Å². The summed E-state index contributed by atoms with van der Waals surface area (Å²) >= 11 is 10.4. The Kier molecular flexibility index (Phi) is 6.83. The van der Waals surface area contributed by atoms with Gasteiger partial charge in [0, 0.05) is 31.0 Å². The van der Waals surface area contributed by atoms with Crippen molar-refractivity contribution in [2.24, 2.45) is 4.99 Å². The Morgan fingerprint density at radius 1 is 0.692 bits per heavy atom. The van der Waals surface area contributed by atoms with Crippen LogP contribution in [0.4, 0.5) is 11.4 Å². The highest BCUT2D eigenvalue weighted by atomic mass is 79.9. The van der Waals surface area contributed by atoms with E-state index < -0.39 is 0 Å². The Balaban J connectivity index is 1.87. The molecule has 0 radical (unpaired) electrons. The summed E-state index contributed by atoms with van der Waals surface area (Å²) in [6.07, 6.45) is 3.79. The molecule has 0 saturated carbocycles. The Labute approximate surface area is 178 Å². The van der Waals surface area contributed by atoms with Crippen molar-refractivity contribution < 1.29 is 0 Å². The molecule has 0 saturated heterocycles. The van der Waals surface area contributed by atoms with Gasteiger partial charge in [-0.3, -0.25) is 4.99 Å². The first-order valence-corrected chi connectivity index (χ1v) is 10.3. The SMILES string of the molecule is Brc1ccc(N=CC=C(Nc2ccc(Br)cc2)c2ccc(Br)cc2)cc1. The average molecular weight is 535 g/mol. The summed E-state index contributed by atoms with van der Waals surface area (Å²) < 4.78 is 3.14. The lowest BCUT2D eigenvalue weighted by molar-refractivity contribution is 1.50. The summed E-state index contributed by atoms with van der Waals surface area (Å²) in [6, 6.07) is 24.2. The number of hydrogen-bond donors (Lipinski definition) is 1. The van der Waals surface area contributed by atoms with E-state index >= 15 is 0 Å². The molecule has 0 aliphatic carbocycles. The maximum Gasteiger partial charge on any atom is 0.0630 e. The molecule has 26 heavy (non-hydrogen) atoms. The van der Waals surface area contributed by atoms with E-state index in [-0.39, 0.29) is 0 Å². The molecule has 3 aromatic rings. The first kappa shape index (κ1) is 19.1. The van der Waals surface area contributed by atoms with Crippen LogP contribution >= 0.6 is 47.8 Å². The monoisotopic (exact) mass is 532 g/mol. The maximum absolute atomic E-state index is 4.51. The van der Waals surface area contributed by atoms with Gasteiger partial charge in [0.25, 0.3) is 0 Å². The Morgan fingerprint density at radius 2 is 1.19 bits per heavy atom. The smallest absolute Gasteiger partial charge is 0.0630 e. The zero-order chi connectivity index (χ0) is 18.4. The molecule has 5 heteroatoms.